The minimum Gasteiger partial charge on any atom is -0.394 e. The Balaban J connectivity index is 1.66. The molecule has 0 saturated carbocycles. The molecule has 0 aromatic heterocycles. The molecule has 0 aromatic carbocycles. The third kappa shape index (κ3) is 41.8. The maximum absolute atomic E-state index is 13.3. The van der Waals surface area contributed by atoms with Crippen molar-refractivity contribution >= 4 is 5.91 Å². The Morgan fingerprint density at radius 2 is 0.784 bits per heavy atom. The van der Waals surface area contributed by atoms with E-state index in [4.69, 9.17) is 18.9 Å². The summed E-state index contributed by atoms with van der Waals surface area (Å²) in [6.07, 6.45) is 62.4. The van der Waals surface area contributed by atoms with E-state index in [1.54, 1.807) is 6.08 Å². The lowest BCUT2D eigenvalue weighted by Crippen LogP contribution is -2.65. The summed E-state index contributed by atoms with van der Waals surface area (Å²) in [5.41, 5.74) is 0. The van der Waals surface area contributed by atoms with Crippen molar-refractivity contribution in [1.29, 1.82) is 0 Å². The Hall–Kier alpha value is -2.57. The van der Waals surface area contributed by atoms with Gasteiger partial charge in [-0.2, -0.15) is 0 Å². The van der Waals surface area contributed by atoms with Gasteiger partial charge in [-0.3, -0.25) is 4.79 Å². The van der Waals surface area contributed by atoms with Crippen LogP contribution in [0.1, 0.15) is 296 Å². The number of hydrogen-bond donors (Lipinski definition) is 9. The summed E-state index contributed by atoms with van der Waals surface area (Å²) < 4.78 is 22.9. The van der Waals surface area contributed by atoms with Crippen molar-refractivity contribution in [2.45, 2.75) is 370 Å². The smallest absolute Gasteiger partial charge is 0.220 e. The van der Waals surface area contributed by atoms with Crippen LogP contribution < -0.4 is 5.32 Å². The third-order valence-corrected chi connectivity index (χ3v) is 17.4. The van der Waals surface area contributed by atoms with Gasteiger partial charge in [0.25, 0.3) is 0 Å². The average molecular weight is 1240 g/mol. The first-order chi connectivity index (χ1) is 43.1. The fourth-order valence-electron chi connectivity index (χ4n) is 11.7. The molecular weight excluding hydrogens is 1110 g/mol. The van der Waals surface area contributed by atoms with Crippen LogP contribution in [0.25, 0.3) is 0 Å². The second-order valence-electron chi connectivity index (χ2n) is 25.3. The number of aliphatic hydroxyl groups is 8. The van der Waals surface area contributed by atoms with Crippen molar-refractivity contribution in [2.24, 2.45) is 0 Å². The van der Waals surface area contributed by atoms with Gasteiger partial charge in [-0.15, -0.1) is 0 Å². The Morgan fingerprint density at radius 1 is 0.420 bits per heavy atom. The first-order valence-corrected chi connectivity index (χ1v) is 36.2. The molecule has 0 aliphatic carbocycles. The van der Waals surface area contributed by atoms with Crippen LogP contribution in [-0.4, -0.2) is 140 Å². The van der Waals surface area contributed by atoms with E-state index in [2.05, 4.69) is 79.9 Å². The topological polar surface area (TPSA) is 228 Å². The van der Waals surface area contributed by atoms with E-state index in [1.165, 1.54) is 199 Å². The highest BCUT2D eigenvalue weighted by Crippen LogP contribution is 2.30. The number of ether oxygens (including phenoxy) is 4. The molecule has 512 valence electrons. The van der Waals surface area contributed by atoms with Crippen LogP contribution in [0.5, 0.6) is 0 Å². The molecule has 9 N–H and O–H groups in total. The first-order valence-electron chi connectivity index (χ1n) is 36.2. The molecule has 2 rings (SSSR count). The van der Waals surface area contributed by atoms with E-state index < -0.39 is 86.8 Å². The van der Waals surface area contributed by atoms with Gasteiger partial charge in [0.05, 0.1) is 32.0 Å². The Kier molecular flexibility index (Phi) is 54.0. The van der Waals surface area contributed by atoms with Crippen molar-refractivity contribution in [3.8, 4) is 0 Å². The number of rotatable bonds is 59. The van der Waals surface area contributed by atoms with Crippen molar-refractivity contribution in [3.05, 3.63) is 72.9 Å². The van der Waals surface area contributed by atoms with E-state index in [-0.39, 0.29) is 18.9 Å². The molecule has 0 bridgehead atoms. The molecule has 1 amide bonds. The number of carbonyl (C=O) groups excluding carboxylic acids is 1. The summed E-state index contributed by atoms with van der Waals surface area (Å²) in [6.45, 7) is 2.72. The number of hydrogen-bond acceptors (Lipinski definition) is 13. The zero-order chi connectivity index (χ0) is 63.8. The fraction of sp³-hybridized carbons (Fsp3) is 0.824. The normalized spacial score (nSPS) is 23.6. The lowest BCUT2D eigenvalue weighted by Gasteiger charge is -2.46. The third-order valence-electron chi connectivity index (χ3n) is 17.4. The van der Waals surface area contributed by atoms with Gasteiger partial charge < -0.3 is 65.1 Å². The second kappa shape index (κ2) is 58.3. The minimum atomic E-state index is -1.79. The molecule has 14 nitrogen and oxygen atoms in total. The highest BCUT2D eigenvalue weighted by Gasteiger charge is 2.51. The first kappa shape index (κ1) is 81.5. The van der Waals surface area contributed by atoms with Crippen LogP contribution in [0.4, 0.5) is 0 Å². The molecule has 0 spiro atoms. The highest BCUT2D eigenvalue weighted by molar-refractivity contribution is 5.76. The summed E-state index contributed by atoms with van der Waals surface area (Å²) in [5.74, 6) is -0.238. The van der Waals surface area contributed by atoms with Gasteiger partial charge in [0, 0.05) is 6.42 Å². The molecular formula is C74H133NO13. The van der Waals surface area contributed by atoms with Crippen molar-refractivity contribution < 1.29 is 64.6 Å². The van der Waals surface area contributed by atoms with Crippen LogP contribution in [0.3, 0.4) is 0 Å². The number of amides is 1. The predicted molar refractivity (Wildman–Crippen MR) is 360 cm³/mol. The van der Waals surface area contributed by atoms with Crippen LogP contribution in [-0.2, 0) is 23.7 Å². The molecule has 88 heavy (non-hydrogen) atoms. The fourth-order valence-corrected chi connectivity index (χ4v) is 11.7. The van der Waals surface area contributed by atoms with E-state index in [0.29, 0.717) is 6.42 Å². The molecule has 14 heteroatoms. The average Bonchev–Trinajstić information content (AvgIpc) is 3.10. The lowest BCUT2D eigenvalue weighted by atomic mass is 9.97. The highest BCUT2D eigenvalue weighted by atomic mass is 16.7. The molecule has 12 unspecified atom stereocenters. The molecule has 2 fully saturated rings. The molecule has 0 aromatic rings. The standard InChI is InChI=1S/C74H133NO13/c1-3-5-7-9-11-13-15-17-19-21-23-25-27-28-29-30-31-32-33-34-36-38-40-42-44-46-48-50-52-54-56-58-66(79)75-62(61-85-73-71(84)69(82)72(65(60-77)87-73)88-74-70(83)68(81)67(80)64(59-76)86-74)63(78)57-55-53-51-49-47-45-43-41-39-37-35-26-24-22-20-18-16-14-12-10-8-6-4-2/h5,7,11,13,17,19,23,25,28-29,55,57,62-65,67-74,76-78,80-84H,3-4,6,8-10,12,14-16,18,20-22,24,26-27,30-54,56,58-61H2,1-2H3,(H,75,79)/b7-5-,13-11-,19-17-,25-23-,29-28-,57-55+. The summed E-state index contributed by atoms with van der Waals surface area (Å²) in [4.78, 5) is 13.3. The van der Waals surface area contributed by atoms with Crippen LogP contribution >= 0.6 is 0 Å². The van der Waals surface area contributed by atoms with Gasteiger partial charge >= 0.3 is 0 Å². The number of unbranched alkanes of at least 4 members (excludes halogenated alkanes) is 36. The minimum absolute atomic E-state index is 0.238. The van der Waals surface area contributed by atoms with Crippen molar-refractivity contribution in [2.75, 3.05) is 19.8 Å². The Morgan fingerprint density at radius 3 is 1.20 bits per heavy atom. The maximum Gasteiger partial charge on any atom is 0.220 e. The number of allylic oxidation sites excluding steroid dienone is 11. The zero-order valence-corrected chi connectivity index (χ0v) is 55.7. The number of aliphatic hydroxyl groups excluding tert-OH is 8. The van der Waals surface area contributed by atoms with Gasteiger partial charge in [-0.25, -0.2) is 0 Å². The lowest BCUT2D eigenvalue weighted by molar-refractivity contribution is -0.359. The zero-order valence-electron chi connectivity index (χ0n) is 55.7. The number of carbonyl (C=O) groups is 1. The van der Waals surface area contributed by atoms with E-state index in [0.717, 1.165) is 70.6 Å². The molecule has 2 aliphatic rings. The van der Waals surface area contributed by atoms with E-state index in [9.17, 15) is 45.6 Å². The summed E-state index contributed by atoms with van der Waals surface area (Å²) in [7, 11) is 0. The quantitative estimate of drug-likeness (QED) is 0.0204. The Bertz CT molecular complexity index is 1750. The second-order valence-corrected chi connectivity index (χ2v) is 25.3. The largest absolute Gasteiger partial charge is 0.394 e. The molecule has 2 aliphatic heterocycles. The number of nitrogens with one attached hydrogen (secondary N) is 1. The van der Waals surface area contributed by atoms with Crippen LogP contribution in [0.15, 0.2) is 72.9 Å². The van der Waals surface area contributed by atoms with Crippen molar-refractivity contribution in [3.63, 3.8) is 0 Å². The predicted octanol–water partition coefficient (Wildman–Crippen LogP) is 15.0. The van der Waals surface area contributed by atoms with Gasteiger partial charge in [0.1, 0.15) is 48.8 Å². The molecule has 12 atom stereocenters. The van der Waals surface area contributed by atoms with Crippen LogP contribution in [0, 0.1) is 0 Å². The molecule has 2 heterocycles. The summed E-state index contributed by atoms with van der Waals surface area (Å²) in [6, 6.07) is -0.919. The SMILES string of the molecule is CC/C=C\C/C=C\C/C=C\C/C=C\C/C=C\CCCCCCCCCCCCCCCCCC(=O)NC(COC1OC(CO)C(OC2OC(CO)C(O)C(O)C2O)C(O)C1O)C(O)/C=C/CCCCCCCCCCCCCCCCCCCCCCC. The van der Waals surface area contributed by atoms with Crippen LogP contribution in [0.2, 0.25) is 0 Å². The maximum atomic E-state index is 13.3. The van der Waals surface area contributed by atoms with E-state index in [1.807, 2.05) is 6.08 Å². The summed E-state index contributed by atoms with van der Waals surface area (Å²) in [5, 5.41) is 87.5. The van der Waals surface area contributed by atoms with Gasteiger partial charge in [0.2, 0.25) is 5.91 Å². The monoisotopic (exact) mass is 1240 g/mol. The van der Waals surface area contributed by atoms with Gasteiger partial charge in [0.15, 0.2) is 12.6 Å². The molecule has 0 radical (unpaired) electrons. The van der Waals surface area contributed by atoms with Crippen molar-refractivity contribution in [1.82, 2.24) is 5.32 Å². The molecule has 2 saturated heterocycles. The van der Waals surface area contributed by atoms with Gasteiger partial charge in [-0.05, 0) is 64.2 Å². The summed E-state index contributed by atoms with van der Waals surface area (Å²) >= 11 is 0. The van der Waals surface area contributed by atoms with E-state index >= 15 is 0 Å². The Labute approximate surface area is 536 Å². The van der Waals surface area contributed by atoms with Gasteiger partial charge in [-0.1, -0.05) is 299 Å².